The summed E-state index contributed by atoms with van der Waals surface area (Å²) in [5, 5.41) is 12.4. The first-order valence-corrected chi connectivity index (χ1v) is 7.15. The zero-order valence-electron chi connectivity index (χ0n) is 10.4. The van der Waals surface area contributed by atoms with E-state index in [0.717, 1.165) is 16.1 Å². The summed E-state index contributed by atoms with van der Waals surface area (Å²) in [7, 11) is 0. The lowest BCUT2D eigenvalue weighted by molar-refractivity contribution is 0.0697. The lowest BCUT2D eigenvalue weighted by Gasteiger charge is -2.28. The van der Waals surface area contributed by atoms with Crippen LogP contribution in [0.3, 0.4) is 0 Å². The Bertz CT molecular complexity index is 439. The van der Waals surface area contributed by atoms with E-state index in [1.165, 1.54) is 25.7 Å². The first kappa shape index (κ1) is 13.4. The maximum absolute atomic E-state index is 10.8. The van der Waals surface area contributed by atoms with E-state index in [1.54, 1.807) is 12.1 Å². The average molecular weight is 312 g/mol. The Hall–Kier alpha value is -1.03. The van der Waals surface area contributed by atoms with Gasteiger partial charge >= 0.3 is 5.97 Å². The predicted octanol–water partition coefficient (Wildman–Crippen LogP) is 4.14. The molecule has 0 atom stereocenters. The number of hydrogen-bond donors (Lipinski definition) is 2. The Morgan fingerprint density at radius 2 is 2.00 bits per heavy atom. The van der Waals surface area contributed by atoms with Crippen LogP contribution in [0.1, 0.15) is 43.0 Å². The minimum Gasteiger partial charge on any atom is -0.478 e. The Balaban J connectivity index is 2.03. The van der Waals surface area contributed by atoms with Crippen molar-refractivity contribution >= 4 is 27.6 Å². The van der Waals surface area contributed by atoms with Crippen molar-refractivity contribution in [1.82, 2.24) is 0 Å². The molecule has 3 nitrogen and oxygen atoms in total. The van der Waals surface area contributed by atoms with Crippen LogP contribution in [0, 0.1) is 5.92 Å². The van der Waals surface area contributed by atoms with Gasteiger partial charge in [0, 0.05) is 16.2 Å². The van der Waals surface area contributed by atoms with E-state index in [-0.39, 0.29) is 0 Å². The van der Waals surface area contributed by atoms with E-state index >= 15 is 0 Å². The van der Waals surface area contributed by atoms with E-state index in [0.29, 0.717) is 11.6 Å². The van der Waals surface area contributed by atoms with Crippen LogP contribution in [0.15, 0.2) is 22.7 Å². The van der Waals surface area contributed by atoms with Crippen molar-refractivity contribution in [3.8, 4) is 0 Å². The third kappa shape index (κ3) is 3.25. The highest BCUT2D eigenvalue weighted by Gasteiger charge is 2.18. The smallest absolute Gasteiger partial charge is 0.335 e. The molecule has 0 aliphatic heterocycles. The molecule has 1 saturated carbocycles. The summed E-state index contributed by atoms with van der Waals surface area (Å²) in [4.78, 5) is 10.8. The highest BCUT2D eigenvalue weighted by atomic mass is 79.9. The highest BCUT2D eigenvalue weighted by Crippen LogP contribution is 2.29. The van der Waals surface area contributed by atoms with Gasteiger partial charge in [0.15, 0.2) is 0 Å². The van der Waals surface area contributed by atoms with Crippen molar-refractivity contribution < 1.29 is 9.90 Å². The van der Waals surface area contributed by atoms with Crippen LogP contribution >= 0.6 is 15.9 Å². The second-order valence-corrected chi connectivity index (χ2v) is 5.96. The molecule has 0 bridgehead atoms. The third-order valence-corrected chi connectivity index (χ3v) is 4.25. The topological polar surface area (TPSA) is 49.3 Å². The van der Waals surface area contributed by atoms with Gasteiger partial charge in [0.25, 0.3) is 0 Å². The highest BCUT2D eigenvalue weighted by molar-refractivity contribution is 9.10. The molecule has 0 unspecified atom stereocenters. The van der Waals surface area contributed by atoms with Crippen molar-refractivity contribution in [3.05, 3.63) is 28.2 Å². The minimum absolute atomic E-state index is 0.310. The number of carboxylic acid groups (broad SMARTS) is 1. The molecule has 0 radical (unpaired) electrons. The van der Waals surface area contributed by atoms with E-state index in [1.807, 2.05) is 6.07 Å². The number of hydrogen-bond acceptors (Lipinski definition) is 2. The van der Waals surface area contributed by atoms with Crippen LogP contribution in [-0.2, 0) is 0 Å². The van der Waals surface area contributed by atoms with Crippen molar-refractivity contribution in [2.45, 2.75) is 38.6 Å². The molecular weight excluding hydrogens is 294 g/mol. The molecule has 1 aromatic carbocycles. The van der Waals surface area contributed by atoms with Gasteiger partial charge in [0.05, 0.1) is 5.56 Å². The third-order valence-electron chi connectivity index (χ3n) is 3.59. The van der Waals surface area contributed by atoms with Gasteiger partial charge in [-0.05, 0) is 65.7 Å². The maximum atomic E-state index is 10.8. The summed E-state index contributed by atoms with van der Waals surface area (Å²) < 4.78 is 0.820. The van der Waals surface area contributed by atoms with Gasteiger partial charge < -0.3 is 10.4 Å². The standard InChI is InChI=1S/C14H18BrNO2/c1-9-2-5-11(6-3-9)16-13-7-4-10(14(17)18)8-12(13)15/h4,7-9,11,16H,2-3,5-6H2,1H3,(H,17,18). The molecule has 0 aromatic heterocycles. The van der Waals surface area contributed by atoms with Gasteiger partial charge in [0.1, 0.15) is 0 Å². The fourth-order valence-electron chi connectivity index (χ4n) is 2.39. The molecule has 4 heteroatoms. The zero-order valence-corrected chi connectivity index (χ0v) is 12.0. The number of rotatable bonds is 3. The average Bonchev–Trinajstić information content (AvgIpc) is 2.34. The number of anilines is 1. The molecule has 2 rings (SSSR count). The summed E-state index contributed by atoms with van der Waals surface area (Å²) >= 11 is 3.43. The zero-order chi connectivity index (χ0) is 13.1. The van der Waals surface area contributed by atoms with Gasteiger partial charge in [0.2, 0.25) is 0 Å². The molecule has 1 aliphatic carbocycles. The quantitative estimate of drug-likeness (QED) is 0.882. The van der Waals surface area contributed by atoms with Crippen molar-refractivity contribution in [3.63, 3.8) is 0 Å². The van der Waals surface area contributed by atoms with Crippen molar-refractivity contribution in [2.75, 3.05) is 5.32 Å². The van der Waals surface area contributed by atoms with Crippen molar-refractivity contribution in [2.24, 2.45) is 5.92 Å². The number of carboxylic acids is 1. The fraction of sp³-hybridized carbons (Fsp3) is 0.500. The van der Waals surface area contributed by atoms with Crippen LogP contribution in [0.5, 0.6) is 0 Å². The lowest BCUT2D eigenvalue weighted by atomic mass is 9.87. The van der Waals surface area contributed by atoms with E-state index < -0.39 is 5.97 Å². The molecule has 2 N–H and O–H groups in total. The normalized spacial score (nSPS) is 23.7. The number of nitrogens with one attached hydrogen (secondary N) is 1. The second-order valence-electron chi connectivity index (χ2n) is 5.10. The SMILES string of the molecule is CC1CCC(Nc2ccc(C(=O)O)cc2Br)CC1. The number of benzene rings is 1. The molecule has 0 spiro atoms. The number of carbonyl (C=O) groups is 1. The lowest BCUT2D eigenvalue weighted by Crippen LogP contribution is -2.25. The Kier molecular flexibility index (Phi) is 4.27. The van der Waals surface area contributed by atoms with Crippen LogP contribution in [0.4, 0.5) is 5.69 Å². The maximum Gasteiger partial charge on any atom is 0.335 e. The Morgan fingerprint density at radius 1 is 1.33 bits per heavy atom. The summed E-state index contributed by atoms with van der Waals surface area (Å²) in [6, 6.07) is 5.64. The van der Waals surface area contributed by atoms with Crippen LogP contribution in [-0.4, -0.2) is 17.1 Å². The van der Waals surface area contributed by atoms with Crippen LogP contribution in [0.2, 0.25) is 0 Å². The summed E-state index contributed by atoms with van der Waals surface area (Å²) in [5.41, 5.74) is 1.30. The molecule has 18 heavy (non-hydrogen) atoms. The largest absolute Gasteiger partial charge is 0.478 e. The van der Waals surface area contributed by atoms with E-state index in [2.05, 4.69) is 28.2 Å². The first-order chi connectivity index (χ1) is 8.56. The van der Waals surface area contributed by atoms with Gasteiger partial charge in [-0.1, -0.05) is 6.92 Å². The molecule has 1 aromatic rings. The van der Waals surface area contributed by atoms with Gasteiger partial charge in [-0.15, -0.1) is 0 Å². The molecule has 0 heterocycles. The van der Waals surface area contributed by atoms with Gasteiger partial charge in [-0.3, -0.25) is 0 Å². The van der Waals surface area contributed by atoms with Crippen LogP contribution < -0.4 is 5.32 Å². The first-order valence-electron chi connectivity index (χ1n) is 6.35. The summed E-state index contributed by atoms with van der Waals surface area (Å²) in [6.07, 6.45) is 4.91. The molecule has 1 aliphatic rings. The molecule has 98 valence electrons. The monoisotopic (exact) mass is 311 g/mol. The molecule has 0 saturated heterocycles. The molecular formula is C14H18BrNO2. The van der Waals surface area contributed by atoms with Crippen LogP contribution in [0.25, 0.3) is 0 Å². The number of halogens is 1. The summed E-state index contributed by atoms with van der Waals surface area (Å²) in [6.45, 7) is 2.30. The van der Waals surface area contributed by atoms with E-state index in [4.69, 9.17) is 5.11 Å². The predicted molar refractivity (Wildman–Crippen MR) is 76.1 cm³/mol. The second kappa shape index (κ2) is 5.74. The van der Waals surface area contributed by atoms with Gasteiger partial charge in [-0.2, -0.15) is 0 Å². The number of aromatic carboxylic acids is 1. The molecule has 0 amide bonds. The minimum atomic E-state index is -0.895. The molecule has 1 fully saturated rings. The Labute approximate surface area is 116 Å². The Morgan fingerprint density at radius 3 is 2.56 bits per heavy atom. The fourth-order valence-corrected chi connectivity index (χ4v) is 2.88. The summed E-state index contributed by atoms with van der Waals surface area (Å²) in [5.74, 6) is -0.0605. The van der Waals surface area contributed by atoms with Gasteiger partial charge in [-0.25, -0.2) is 4.79 Å². The van der Waals surface area contributed by atoms with Crippen molar-refractivity contribution in [1.29, 1.82) is 0 Å². The van der Waals surface area contributed by atoms with E-state index in [9.17, 15) is 4.79 Å².